The summed E-state index contributed by atoms with van der Waals surface area (Å²) in [4.78, 5) is 22.4. The van der Waals surface area contributed by atoms with E-state index in [1.54, 1.807) is 18.2 Å². The smallest absolute Gasteiger partial charge is 0.282 e. The number of methoxy groups -OCH3 is 2. The van der Waals surface area contributed by atoms with Crippen molar-refractivity contribution in [2.45, 2.75) is 0 Å². The third-order valence-corrected chi connectivity index (χ3v) is 3.15. The maximum absolute atomic E-state index is 12.1. The van der Waals surface area contributed by atoms with Crippen LogP contribution in [0.2, 0.25) is 0 Å². The summed E-state index contributed by atoms with van der Waals surface area (Å²) in [5.41, 5.74) is 2.48. The molecule has 1 N–H and O–H groups in total. The fraction of sp³-hybridized carbons (Fsp3) is 0.125. The first-order valence-corrected chi connectivity index (χ1v) is 6.85. The van der Waals surface area contributed by atoms with E-state index in [0.29, 0.717) is 17.1 Å². The van der Waals surface area contributed by atoms with Crippen LogP contribution >= 0.6 is 0 Å². The monoisotopic (exact) mass is 329 g/mol. The molecule has 0 unspecified atom stereocenters. The molecular weight excluding hydrogens is 314 g/mol. The number of carbonyl (C=O) groups is 1. The van der Waals surface area contributed by atoms with Crippen molar-refractivity contribution in [3.63, 3.8) is 0 Å². The highest BCUT2D eigenvalue weighted by Gasteiger charge is 2.18. The van der Waals surface area contributed by atoms with Crippen LogP contribution in [0.5, 0.6) is 11.5 Å². The number of para-hydroxylation sites is 1. The molecule has 0 aromatic heterocycles. The minimum absolute atomic E-state index is 0.0720. The van der Waals surface area contributed by atoms with E-state index in [0.717, 1.165) is 0 Å². The van der Waals surface area contributed by atoms with Crippen LogP contribution in [0.3, 0.4) is 0 Å². The number of nitrogens with one attached hydrogen (secondary N) is 1. The molecule has 2 aromatic rings. The molecule has 0 atom stereocenters. The van der Waals surface area contributed by atoms with Gasteiger partial charge in [0.1, 0.15) is 17.1 Å². The normalized spacial score (nSPS) is 10.4. The standard InChI is InChI=1S/C16H15N3O5/c1-23-12-7-8-15(24-2)11(9-12)10-17-18-16(20)13-5-3-4-6-14(13)19(21)22/h3-10H,1-2H3,(H,18,20)/b17-10+. The molecule has 124 valence electrons. The van der Waals surface area contributed by atoms with Gasteiger partial charge in [-0.15, -0.1) is 0 Å². The highest BCUT2D eigenvalue weighted by Crippen LogP contribution is 2.22. The van der Waals surface area contributed by atoms with Crippen LogP contribution in [0.25, 0.3) is 0 Å². The van der Waals surface area contributed by atoms with E-state index in [1.165, 1.54) is 44.7 Å². The molecule has 0 radical (unpaired) electrons. The summed E-state index contributed by atoms with van der Waals surface area (Å²) in [6.45, 7) is 0. The molecular formula is C16H15N3O5. The number of carbonyl (C=O) groups excluding carboxylic acids is 1. The second-order valence-electron chi connectivity index (χ2n) is 4.58. The molecule has 0 aliphatic heterocycles. The van der Waals surface area contributed by atoms with Gasteiger partial charge in [-0.05, 0) is 24.3 Å². The maximum Gasteiger partial charge on any atom is 0.282 e. The van der Waals surface area contributed by atoms with E-state index >= 15 is 0 Å². The predicted molar refractivity (Wildman–Crippen MR) is 87.7 cm³/mol. The molecule has 8 heteroatoms. The SMILES string of the molecule is COc1ccc(OC)c(/C=N/NC(=O)c2ccccc2[N+](=O)[O-])c1. The quantitative estimate of drug-likeness (QED) is 0.498. The van der Waals surface area contributed by atoms with Gasteiger partial charge in [-0.3, -0.25) is 14.9 Å². The second-order valence-corrected chi connectivity index (χ2v) is 4.58. The van der Waals surface area contributed by atoms with Gasteiger partial charge in [-0.25, -0.2) is 5.43 Å². The van der Waals surface area contributed by atoms with Gasteiger partial charge in [-0.2, -0.15) is 5.10 Å². The molecule has 8 nitrogen and oxygen atoms in total. The zero-order valence-corrected chi connectivity index (χ0v) is 13.1. The molecule has 24 heavy (non-hydrogen) atoms. The van der Waals surface area contributed by atoms with Crippen molar-refractivity contribution in [2.75, 3.05) is 14.2 Å². The molecule has 1 amide bonds. The summed E-state index contributed by atoms with van der Waals surface area (Å²) >= 11 is 0. The third-order valence-electron chi connectivity index (χ3n) is 3.15. The van der Waals surface area contributed by atoms with E-state index in [4.69, 9.17) is 9.47 Å². The number of hydrogen-bond donors (Lipinski definition) is 1. The fourth-order valence-electron chi connectivity index (χ4n) is 1.99. The third kappa shape index (κ3) is 3.86. The van der Waals surface area contributed by atoms with E-state index < -0.39 is 10.8 Å². The molecule has 0 aliphatic rings. The Labute approximate surface area is 137 Å². The molecule has 2 rings (SSSR count). The first-order chi connectivity index (χ1) is 11.6. The molecule has 0 fully saturated rings. The molecule has 0 saturated carbocycles. The number of nitrogens with zero attached hydrogens (tertiary/aromatic N) is 2. The largest absolute Gasteiger partial charge is 0.497 e. The minimum Gasteiger partial charge on any atom is -0.497 e. The summed E-state index contributed by atoms with van der Waals surface area (Å²) in [5, 5.41) is 14.8. The Morgan fingerprint density at radius 2 is 1.96 bits per heavy atom. The first-order valence-electron chi connectivity index (χ1n) is 6.85. The van der Waals surface area contributed by atoms with Crippen LogP contribution in [0.15, 0.2) is 47.6 Å². The van der Waals surface area contributed by atoms with Gasteiger partial charge in [-0.1, -0.05) is 12.1 Å². The number of rotatable bonds is 6. The number of nitro groups is 1. The Kier molecular flexibility index (Phi) is 5.45. The fourth-order valence-corrected chi connectivity index (χ4v) is 1.99. The average Bonchev–Trinajstić information content (AvgIpc) is 2.61. The number of amides is 1. The van der Waals surface area contributed by atoms with Crippen LogP contribution in [0.4, 0.5) is 5.69 Å². The Hall–Kier alpha value is -3.42. The van der Waals surface area contributed by atoms with E-state index in [2.05, 4.69) is 10.5 Å². The Morgan fingerprint density at radius 3 is 2.62 bits per heavy atom. The van der Waals surface area contributed by atoms with Crippen molar-refractivity contribution in [3.05, 3.63) is 63.7 Å². The maximum atomic E-state index is 12.1. The zero-order chi connectivity index (χ0) is 17.5. The molecule has 0 heterocycles. The molecule has 0 saturated heterocycles. The first kappa shape index (κ1) is 16.9. The van der Waals surface area contributed by atoms with Crippen LogP contribution in [0.1, 0.15) is 15.9 Å². The van der Waals surface area contributed by atoms with Gasteiger partial charge in [0.15, 0.2) is 0 Å². The Morgan fingerprint density at radius 1 is 1.21 bits per heavy atom. The van der Waals surface area contributed by atoms with Crippen LogP contribution in [-0.4, -0.2) is 31.3 Å². The Balaban J connectivity index is 2.18. The number of ether oxygens (including phenoxy) is 2. The average molecular weight is 329 g/mol. The van der Waals surface area contributed by atoms with E-state index in [-0.39, 0.29) is 11.3 Å². The van der Waals surface area contributed by atoms with Crippen LogP contribution < -0.4 is 14.9 Å². The number of nitro benzene ring substituents is 1. The lowest BCUT2D eigenvalue weighted by Crippen LogP contribution is -2.19. The Bertz CT molecular complexity index is 789. The molecule has 0 aliphatic carbocycles. The summed E-state index contributed by atoms with van der Waals surface area (Å²) in [6.07, 6.45) is 1.37. The molecule has 0 bridgehead atoms. The van der Waals surface area contributed by atoms with Crippen LogP contribution in [-0.2, 0) is 0 Å². The lowest BCUT2D eigenvalue weighted by molar-refractivity contribution is -0.385. The van der Waals surface area contributed by atoms with Crippen LogP contribution in [0, 0.1) is 10.1 Å². The van der Waals surface area contributed by atoms with Crippen molar-refractivity contribution in [3.8, 4) is 11.5 Å². The van der Waals surface area contributed by atoms with Crippen molar-refractivity contribution in [1.29, 1.82) is 0 Å². The minimum atomic E-state index is -0.680. The van der Waals surface area contributed by atoms with Gasteiger partial charge in [0.2, 0.25) is 0 Å². The highest BCUT2D eigenvalue weighted by molar-refractivity contribution is 5.98. The van der Waals surface area contributed by atoms with Crippen molar-refractivity contribution < 1.29 is 19.2 Å². The van der Waals surface area contributed by atoms with Crippen molar-refractivity contribution in [2.24, 2.45) is 5.10 Å². The summed E-state index contributed by atoms with van der Waals surface area (Å²) in [7, 11) is 3.03. The summed E-state index contributed by atoms with van der Waals surface area (Å²) < 4.78 is 10.3. The molecule has 0 spiro atoms. The topological polar surface area (TPSA) is 103 Å². The van der Waals surface area contributed by atoms with Gasteiger partial charge in [0.25, 0.3) is 11.6 Å². The van der Waals surface area contributed by atoms with E-state index in [1.807, 2.05) is 0 Å². The molecule has 2 aromatic carbocycles. The zero-order valence-electron chi connectivity index (χ0n) is 13.1. The lowest BCUT2D eigenvalue weighted by atomic mass is 10.2. The predicted octanol–water partition coefficient (Wildman–Crippen LogP) is 2.38. The number of hydrogen-bond acceptors (Lipinski definition) is 6. The highest BCUT2D eigenvalue weighted by atomic mass is 16.6. The van der Waals surface area contributed by atoms with Crippen molar-refractivity contribution in [1.82, 2.24) is 5.43 Å². The van der Waals surface area contributed by atoms with Gasteiger partial charge in [0.05, 0.1) is 25.4 Å². The van der Waals surface area contributed by atoms with Gasteiger partial charge < -0.3 is 9.47 Å². The van der Waals surface area contributed by atoms with E-state index in [9.17, 15) is 14.9 Å². The summed E-state index contributed by atoms with van der Waals surface area (Å²) in [6, 6.07) is 10.7. The van der Waals surface area contributed by atoms with Crippen molar-refractivity contribution >= 4 is 17.8 Å². The lowest BCUT2D eigenvalue weighted by Gasteiger charge is -2.06. The number of benzene rings is 2. The summed E-state index contributed by atoms with van der Waals surface area (Å²) in [5.74, 6) is 0.460. The van der Waals surface area contributed by atoms with Gasteiger partial charge in [0, 0.05) is 11.6 Å². The number of hydrazone groups is 1. The second kappa shape index (κ2) is 7.73. The van der Waals surface area contributed by atoms with Gasteiger partial charge >= 0.3 is 0 Å².